The largest absolute Gasteiger partial charge is 2.00 e. The van der Waals surface area contributed by atoms with Crippen molar-refractivity contribution in [2.75, 3.05) is 0 Å². The molecule has 113 valence electrons. The Hall–Kier alpha value is -1.20. The van der Waals surface area contributed by atoms with E-state index in [9.17, 15) is 29.4 Å². The van der Waals surface area contributed by atoms with Gasteiger partial charge in [0, 0.05) is 0 Å². The van der Waals surface area contributed by atoms with E-state index < -0.39 is 23.8 Å². The van der Waals surface area contributed by atoms with E-state index in [2.05, 4.69) is 0 Å². The quantitative estimate of drug-likeness (QED) is 0.443. The summed E-state index contributed by atoms with van der Waals surface area (Å²) in [6.45, 7) is 5.79. The van der Waals surface area contributed by atoms with Crippen molar-refractivity contribution >= 4 is 23.5 Å². The zero-order valence-electron chi connectivity index (χ0n) is 11.3. The smallest absolute Gasteiger partial charge is 0.549 e. The molecule has 0 N–H and O–H groups in total. The molecule has 0 amide bonds. The molecule has 0 bridgehead atoms. The number of hydrogen-bond donors (Lipinski definition) is 0. The summed E-state index contributed by atoms with van der Waals surface area (Å²) in [4.78, 5) is 40.9. The topological polar surface area (TPSA) is 114 Å². The number of carboxylic acid groups (broad SMARTS) is 2. The molecule has 6 nitrogen and oxygen atoms in total. The SMILES string of the molecule is CCC(C(C)=O)C(=O)[O-].CCC(C(C)=O)C(=O)[O-].[Cu+2]. The number of ketones is 2. The number of carbonyl (C=O) groups excluding carboxylic acids is 4. The van der Waals surface area contributed by atoms with Gasteiger partial charge < -0.3 is 19.8 Å². The van der Waals surface area contributed by atoms with Gasteiger partial charge in [0.2, 0.25) is 0 Å². The Balaban J connectivity index is -0.000000256. The summed E-state index contributed by atoms with van der Waals surface area (Å²) >= 11 is 0. The summed E-state index contributed by atoms with van der Waals surface area (Å²) in [5.41, 5.74) is 0. The summed E-state index contributed by atoms with van der Waals surface area (Å²) in [7, 11) is 0. The number of rotatable bonds is 6. The van der Waals surface area contributed by atoms with Gasteiger partial charge in [0.25, 0.3) is 0 Å². The Labute approximate surface area is 123 Å². The molecule has 0 fully saturated rings. The maximum Gasteiger partial charge on any atom is 2.00 e. The average molecular weight is 322 g/mol. The van der Waals surface area contributed by atoms with Crippen molar-refractivity contribution in [3.05, 3.63) is 0 Å². The van der Waals surface area contributed by atoms with Gasteiger partial charge in [-0.05, 0) is 26.7 Å². The van der Waals surface area contributed by atoms with Gasteiger partial charge in [0.05, 0.1) is 23.8 Å². The monoisotopic (exact) mass is 321 g/mol. The maximum absolute atomic E-state index is 10.4. The van der Waals surface area contributed by atoms with Crippen LogP contribution in [0.5, 0.6) is 0 Å². The van der Waals surface area contributed by atoms with Crippen LogP contribution in [0.2, 0.25) is 0 Å². The normalized spacial score (nSPS) is 12.0. The molecule has 0 aliphatic rings. The molecule has 19 heavy (non-hydrogen) atoms. The van der Waals surface area contributed by atoms with E-state index >= 15 is 0 Å². The van der Waals surface area contributed by atoms with E-state index in [0.717, 1.165) is 0 Å². The molecule has 0 rings (SSSR count). The van der Waals surface area contributed by atoms with E-state index in [4.69, 9.17) is 0 Å². The minimum Gasteiger partial charge on any atom is -0.549 e. The van der Waals surface area contributed by atoms with Crippen LogP contribution in [0.4, 0.5) is 0 Å². The summed E-state index contributed by atoms with van der Waals surface area (Å²) in [5, 5.41) is 20.1. The number of carboxylic acids is 2. The molecule has 7 heteroatoms. The number of aliphatic carboxylic acids is 2. The predicted molar refractivity (Wildman–Crippen MR) is 58.9 cm³/mol. The second kappa shape index (κ2) is 11.9. The molecule has 1 radical (unpaired) electrons. The van der Waals surface area contributed by atoms with Crippen molar-refractivity contribution in [3.63, 3.8) is 0 Å². The molecule has 0 aliphatic heterocycles. The Kier molecular flexibility index (Phi) is 14.3. The molecule has 0 aromatic carbocycles. The van der Waals surface area contributed by atoms with E-state index in [0.29, 0.717) is 12.8 Å². The molecule has 0 heterocycles. The van der Waals surface area contributed by atoms with Gasteiger partial charge in [0.1, 0.15) is 11.6 Å². The van der Waals surface area contributed by atoms with Gasteiger partial charge in [-0.25, -0.2) is 0 Å². The third-order valence-corrected chi connectivity index (χ3v) is 2.37. The van der Waals surface area contributed by atoms with Gasteiger partial charge in [-0.3, -0.25) is 9.59 Å². The Morgan fingerprint density at radius 2 is 1.00 bits per heavy atom. The summed E-state index contributed by atoms with van der Waals surface area (Å²) < 4.78 is 0. The molecule has 0 saturated heterocycles. The molecule has 0 saturated carbocycles. The van der Waals surface area contributed by atoms with Crippen LogP contribution in [0.15, 0.2) is 0 Å². The molecule has 2 unspecified atom stereocenters. The van der Waals surface area contributed by atoms with Crippen LogP contribution in [0.25, 0.3) is 0 Å². The third kappa shape index (κ3) is 10.4. The van der Waals surface area contributed by atoms with Crippen molar-refractivity contribution in [3.8, 4) is 0 Å². The van der Waals surface area contributed by atoms with E-state index in [1.165, 1.54) is 13.8 Å². The van der Waals surface area contributed by atoms with Crippen molar-refractivity contribution in [1.82, 2.24) is 0 Å². The van der Waals surface area contributed by atoms with Gasteiger partial charge in [-0.2, -0.15) is 0 Å². The third-order valence-electron chi connectivity index (χ3n) is 2.37. The average Bonchev–Trinajstić information content (AvgIpc) is 2.17. The van der Waals surface area contributed by atoms with Gasteiger partial charge in [-0.1, -0.05) is 13.8 Å². The first-order valence-corrected chi connectivity index (χ1v) is 5.61. The zero-order valence-corrected chi connectivity index (χ0v) is 12.3. The fourth-order valence-electron chi connectivity index (χ4n) is 1.24. The van der Waals surface area contributed by atoms with E-state index in [-0.39, 0.29) is 28.6 Å². The van der Waals surface area contributed by atoms with Crippen LogP contribution in [0.1, 0.15) is 40.5 Å². The van der Waals surface area contributed by atoms with Crippen LogP contribution in [0, 0.1) is 11.8 Å². The van der Waals surface area contributed by atoms with Gasteiger partial charge >= 0.3 is 17.1 Å². The Morgan fingerprint density at radius 3 is 1.00 bits per heavy atom. The minimum atomic E-state index is -1.27. The fraction of sp³-hybridized carbons (Fsp3) is 0.667. The van der Waals surface area contributed by atoms with Crippen LogP contribution in [-0.4, -0.2) is 23.5 Å². The summed E-state index contributed by atoms with van der Waals surface area (Å²) in [6, 6.07) is 0. The molecule has 0 aliphatic carbocycles. The predicted octanol–water partition coefficient (Wildman–Crippen LogP) is -1.30. The van der Waals surface area contributed by atoms with Crippen molar-refractivity contribution in [1.29, 1.82) is 0 Å². The molecule has 0 spiro atoms. The fourth-order valence-corrected chi connectivity index (χ4v) is 1.24. The zero-order chi connectivity index (χ0) is 14.9. The van der Waals surface area contributed by atoms with Crippen LogP contribution >= 0.6 is 0 Å². The van der Waals surface area contributed by atoms with Crippen molar-refractivity contribution in [2.24, 2.45) is 11.8 Å². The number of Topliss-reactive ketones (excluding diaryl/α,β-unsaturated/α-hetero) is 2. The van der Waals surface area contributed by atoms with Gasteiger partial charge in [-0.15, -0.1) is 0 Å². The van der Waals surface area contributed by atoms with Crippen LogP contribution in [0.3, 0.4) is 0 Å². The Morgan fingerprint density at radius 1 is 0.789 bits per heavy atom. The van der Waals surface area contributed by atoms with Crippen LogP contribution in [-0.2, 0) is 36.2 Å². The second-order valence-electron chi connectivity index (χ2n) is 3.78. The molecule has 2 atom stereocenters. The van der Waals surface area contributed by atoms with E-state index in [1.807, 2.05) is 0 Å². The first-order chi connectivity index (χ1) is 8.18. The van der Waals surface area contributed by atoms with E-state index in [1.54, 1.807) is 13.8 Å². The molecular formula is C12H18CuO6. The summed E-state index contributed by atoms with van der Waals surface area (Å²) in [6.07, 6.45) is 0.634. The van der Waals surface area contributed by atoms with Crippen molar-refractivity contribution < 1.29 is 46.5 Å². The Bertz CT molecular complexity index is 266. The second-order valence-corrected chi connectivity index (χ2v) is 3.78. The summed E-state index contributed by atoms with van der Waals surface area (Å²) in [5.74, 6) is -5.04. The van der Waals surface area contributed by atoms with Crippen molar-refractivity contribution in [2.45, 2.75) is 40.5 Å². The molecule has 0 aromatic heterocycles. The molecular weight excluding hydrogens is 304 g/mol. The maximum atomic E-state index is 10.4. The molecule has 0 aromatic rings. The number of carbonyl (C=O) groups is 4. The standard InChI is InChI=1S/2C6H10O3.Cu/c2*1-3-5(4(2)7)6(8)9;/h2*5H,3H2,1-2H3,(H,8,9);/q;;+2/p-2. The first-order valence-electron chi connectivity index (χ1n) is 5.61. The van der Waals surface area contributed by atoms with Gasteiger partial charge in [0.15, 0.2) is 0 Å². The first kappa shape index (κ1) is 22.9. The van der Waals surface area contributed by atoms with Crippen LogP contribution < -0.4 is 10.2 Å². The minimum absolute atomic E-state index is 0. The number of hydrogen-bond acceptors (Lipinski definition) is 6.